The molecule has 162 valence electrons. The summed E-state index contributed by atoms with van der Waals surface area (Å²) in [5.41, 5.74) is 3.31. The van der Waals surface area contributed by atoms with Crippen molar-refractivity contribution in [3.63, 3.8) is 0 Å². The lowest BCUT2D eigenvalue weighted by Gasteiger charge is -2.40. The van der Waals surface area contributed by atoms with Crippen LogP contribution in [0.15, 0.2) is 41.2 Å². The third-order valence-corrected chi connectivity index (χ3v) is 5.99. The minimum absolute atomic E-state index is 0.0356. The third kappa shape index (κ3) is 3.85. The number of pyridine rings is 1. The second kappa shape index (κ2) is 7.68. The number of fused-ring (bicyclic) bond motifs is 2. The summed E-state index contributed by atoms with van der Waals surface area (Å²) >= 11 is 0. The fourth-order valence-corrected chi connectivity index (χ4v) is 4.34. The molecule has 1 aliphatic heterocycles. The van der Waals surface area contributed by atoms with Crippen molar-refractivity contribution in [1.82, 2.24) is 19.0 Å². The van der Waals surface area contributed by atoms with Gasteiger partial charge in [0, 0.05) is 45.4 Å². The predicted octanol–water partition coefficient (Wildman–Crippen LogP) is 2.31. The fraction of sp³-hybridized carbons (Fsp3) is 0.391. The Morgan fingerprint density at radius 1 is 1.06 bits per heavy atom. The molecule has 2 amide bonds. The second-order valence-corrected chi connectivity index (χ2v) is 8.78. The van der Waals surface area contributed by atoms with Crippen LogP contribution in [0.2, 0.25) is 0 Å². The number of carbonyl (C=O) groups excluding carboxylic acids is 2. The Bertz CT molecular complexity index is 1240. The Balaban J connectivity index is 1.39. The van der Waals surface area contributed by atoms with Crippen molar-refractivity contribution in [2.24, 2.45) is 14.1 Å². The van der Waals surface area contributed by atoms with Crippen molar-refractivity contribution in [1.29, 1.82) is 0 Å². The minimum Gasteiger partial charge on any atom is -0.337 e. The Labute approximate surface area is 180 Å². The normalized spacial score (nSPS) is 15.0. The Morgan fingerprint density at radius 3 is 2.58 bits per heavy atom. The van der Waals surface area contributed by atoms with Gasteiger partial charge in [0.2, 0.25) is 11.8 Å². The number of imidazole rings is 1. The van der Waals surface area contributed by atoms with E-state index in [1.165, 1.54) is 14.7 Å². The van der Waals surface area contributed by atoms with Crippen molar-refractivity contribution in [2.45, 2.75) is 38.6 Å². The number of aryl methyl sites for hydroxylation is 2. The molecule has 0 saturated carbocycles. The molecule has 0 atom stereocenters. The minimum atomic E-state index is -0.280. The number of rotatable bonds is 4. The van der Waals surface area contributed by atoms with Gasteiger partial charge in [-0.3, -0.25) is 18.7 Å². The van der Waals surface area contributed by atoms with E-state index in [-0.39, 0.29) is 35.8 Å². The maximum absolute atomic E-state index is 12.8. The van der Waals surface area contributed by atoms with Crippen LogP contribution in [0.3, 0.4) is 0 Å². The van der Waals surface area contributed by atoms with Gasteiger partial charge < -0.3 is 10.2 Å². The zero-order valence-electron chi connectivity index (χ0n) is 18.3. The van der Waals surface area contributed by atoms with Gasteiger partial charge in [-0.2, -0.15) is 0 Å². The summed E-state index contributed by atoms with van der Waals surface area (Å²) < 4.78 is 2.94. The zero-order valence-corrected chi connectivity index (χ0v) is 18.3. The first-order valence-corrected chi connectivity index (χ1v) is 10.4. The molecule has 3 heterocycles. The standard InChI is InChI=1S/C23H27N5O3/c1-23(2)14-28(13-15-7-5-6-8-16(15)23)20(30)12-11-19(29)24-18-10-9-17-21(25-18)27(4)22(31)26(17)3/h5-10H,11-14H2,1-4H3,(H,24,25,29). The molecule has 0 aliphatic carbocycles. The van der Waals surface area contributed by atoms with E-state index in [4.69, 9.17) is 0 Å². The van der Waals surface area contributed by atoms with Crippen LogP contribution in [-0.4, -0.2) is 37.4 Å². The third-order valence-electron chi connectivity index (χ3n) is 5.99. The average Bonchev–Trinajstić information content (AvgIpc) is 2.95. The van der Waals surface area contributed by atoms with Crippen molar-refractivity contribution >= 4 is 28.8 Å². The van der Waals surface area contributed by atoms with Crippen LogP contribution in [-0.2, 0) is 35.6 Å². The number of aromatic nitrogens is 3. The van der Waals surface area contributed by atoms with Crippen LogP contribution in [0, 0.1) is 0 Å². The van der Waals surface area contributed by atoms with Gasteiger partial charge in [-0.25, -0.2) is 9.78 Å². The molecule has 3 aromatic rings. The smallest absolute Gasteiger partial charge is 0.329 e. The summed E-state index contributed by atoms with van der Waals surface area (Å²) in [6.45, 7) is 5.47. The molecule has 1 aliphatic rings. The van der Waals surface area contributed by atoms with Gasteiger partial charge in [0.15, 0.2) is 5.65 Å². The average molecular weight is 422 g/mol. The number of nitrogens with zero attached hydrogens (tertiary/aromatic N) is 4. The summed E-state index contributed by atoms with van der Waals surface area (Å²) in [5.74, 6) is 0.0450. The molecule has 1 N–H and O–H groups in total. The first-order chi connectivity index (χ1) is 14.7. The molecule has 8 heteroatoms. The lowest BCUT2D eigenvalue weighted by Crippen LogP contribution is -2.45. The molecule has 0 bridgehead atoms. The van der Waals surface area contributed by atoms with Crippen molar-refractivity contribution in [2.75, 3.05) is 11.9 Å². The number of nitrogens with one attached hydrogen (secondary N) is 1. The van der Waals surface area contributed by atoms with E-state index >= 15 is 0 Å². The van der Waals surface area contributed by atoms with Gasteiger partial charge >= 0.3 is 5.69 Å². The first-order valence-electron chi connectivity index (χ1n) is 10.4. The predicted molar refractivity (Wildman–Crippen MR) is 119 cm³/mol. The van der Waals surface area contributed by atoms with Crippen LogP contribution in [0.25, 0.3) is 11.2 Å². The molecule has 8 nitrogen and oxygen atoms in total. The summed E-state index contributed by atoms with van der Waals surface area (Å²) in [6, 6.07) is 11.6. The molecule has 4 rings (SSSR count). The van der Waals surface area contributed by atoms with Crippen molar-refractivity contribution < 1.29 is 9.59 Å². The number of amides is 2. The van der Waals surface area contributed by atoms with E-state index in [1.807, 2.05) is 17.0 Å². The van der Waals surface area contributed by atoms with Gasteiger partial charge in [-0.1, -0.05) is 38.1 Å². The van der Waals surface area contributed by atoms with E-state index in [1.54, 1.807) is 26.2 Å². The van der Waals surface area contributed by atoms with Gasteiger partial charge in [0.05, 0.1) is 5.52 Å². The molecule has 1 aromatic carbocycles. The van der Waals surface area contributed by atoms with E-state index in [9.17, 15) is 14.4 Å². The number of anilines is 1. The lowest BCUT2D eigenvalue weighted by molar-refractivity contribution is -0.134. The highest BCUT2D eigenvalue weighted by atomic mass is 16.2. The Hall–Kier alpha value is -3.42. The molecule has 2 aromatic heterocycles. The van der Waals surface area contributed by atoms with Crippen molar-refractivity contribution in [3.8, 4) is 0 Å². The molecular formula is C23H27N5O3. The number of benzene rings is 1. The summed E-state index contributed by atoms with van der Waals surface area (Å²) in [4.78, 5) is 43.5. The summed E-state index contributed by atoms with van der Waals surface area (Å²) in [6.07, 6.45) is 0.209. The topological polar surface area (TPSA) is 89.2 Å². The van der Waals surface area contributed by atoms with Crippen LogP contribution in [0.5, 0.6) is 0 Å². The number of hydrogen-bond acceptors (Lipinski definition) is 4. The van der Waals surface area contributed by atoms with Gasteiger partial charge in [-0.05, 0) is 23.3 Å². The van der Waals surface area contributed by atoms with Crippen LogP contribution >= 0.6 is 0 Å². The van der Waals surface area contributed by atoms with Crippen LogP contribution in [0.1, 0.15) is 37.8 Å². The van der Waals surface area contributed by atoms with Crippen molar-refractivity contribution in [3.05, 3.63) is 58.0 Å². The molecule has 0 saturated heterocycles. The van der Waals surface area contributed by atoms with Gasteiger partial charge in [0.25, 0.3) is 0 Å². The second-order valence-electron chi connectivity index (χ2n) is 8.78. The fourth-order valence-electron chi connectivity index (χ4n) is 4.34. The van der Waals surface area contributed by atoms with E-state index in [0.717, 1.165) is 5.56 Å². The zero-order chi connectivity index (χ0) is 22.3. The van der Waals surface area contributed by atoms with Gasteiger partial charge in [0.1, 0.15) is 5.82 Å². The SMILES string of the molecule is Cn1c(=O)n(C)c2nc(NC(=O)CCC(=O)N3Cc4ccccc4C(C)(C)C3)ccc21. The highest BCUT2D eigenvalue weighted by molar-refractivity contribution is 5.93. The number of hydrogen-bond donors (Lipinski definition) is 1. The van der Waals surface area contributed by atoms with E-state index in [0.29, 0.717) is 30.1 Å². The summed E-state index contributed by atoms with van der Waals surface area (Å²) in [5, 5.41) is 2.73. The first kappa shape index (κ1) is 20.8. The van der Waals surface area contributed by atoms with E-state index in [2.05, 4.69) is 36.3 Å². The largest absolute Gasteiger partial charge is 0.337 e. The molecule has 0 unspecified atom stereocenters. The summed E-state index contributed by atoms with van der Waals surface area (Å²) in [7, 11) is 3.32. The van der Waals surface area contributed by atoms with Crippen LogP contribution < -0.4 is 11.0 Å². The van der Waals surface area contributed by atoms with Gasteiger partial charge in [-0.15, -0.1) is 0 Å². The lowest BCUT2D eigenvalue weighted by atomic mass is 9.78. The maximum Gasteiger partial charge on any atom is 0.329 e. The van der Waals surface area contributed by atoms with Crippen LogP contribution in [0.4, 0.5) is 5.82 Å². The quantitative estimate of drug-likeness (QED) is 0.700. The molecular weight excluding hydrogens is 394 g/mol. The Kier molecular flexibility index (Phi) is 5.16. The highest BCUT2D eigenvalue weighted by Gasteiger charge is 2.33. The molecule has 0 spiro atoms. The molecule has 0 fully saturated rings. The van der Waals surface area contributed by atoms with E-state index < -0.39 is 0 Å². The number of carbonyl (C=O) groups is 2. The molecule has 0 radical (unpaired) electrons. The molecule has 31 heavy (non-hydrogen) atoms. The Morgan fingerprint density at radius 2 is 1.81 bits per heavy atom. The highest BCUT2D eigenvalue weighted by Crippen LogP contribution is 2.33. The monoisotopic (exact) mass is 421 g/mol. The maximum atomic E-state index is 12.8.